The van der Waals surface area contributed by atoms with Crippen LogP contribution >= 0.6 is 0 Å². The van der Waals surface area contributed by atoms with Crippen molar-refractivity contribution in [3.8, 4) is 0 Å². The lowest BCUT2D eigenvalue weighted by Crippen LogP contribution is -2.62. The number of hydrogen-bond donors (Lipinski definition) is 6. The van der Waals surface area contributed by atoms with Gasteiger partial charge in [0.15, 0.2) is 0 Å². The quantitative estimate of drug-likeness (QED) is 0.0991. The van der Waals surface area contributed by atoms with E-state index in [2.05, 4.69) is 38.0 Å². The molecular weight excluding hydrogens is 963 g/mol. The molecule has 7 rings (SSSR count). The number of benzene rings is 3. The summed E-state index contributed by atoms with van der Waals surface area (Å²) in [6.45, 7) is 14.9. The fourth-order valence-electron chi connectivity index (χ4n) is 11.0. The highest BCUT2D eigenvalue weighted by Crippen LogP contribution is 2.48. The van der Waals surface area contributed by atoms with E-state index < -0.39 is 76.4 Å². The summed E-state index contributed by atoms with van der Waals surface area (Å²) in [5.74, 6) is -2.54. The summed E-state index contributed by atoms with van der Waals surface area (Å²) in [7, 11) is 4.91. The lowest BCUT2D eigenvalue weighted by Gasteiger charge is -2.44. The van der Waals surface area contributed by atoms with E-state index in [-0.39, 0.29) is 74.7 Å². The fourth-order valence-corrected chi connectivity index (χ4v) is 11.0. The number of nitrogens with zero attached hydrogens (tertiary/aromatic N) is 3. The van der Waals surface area contributed by atoms with E-state index in [1.165, 1.54) is 10.5 Å². The van der Waals surface area contributed by atoms with Crippen LogP contribution in [0.5, 0.6) is 0 Å². The first-order valence-electron chi connectivity index (χ1n) is 27.2. The minimum absolute atomic E-state index is 0.0119. The van der Waals surface area contributed by atoms with Crippen LogP contribution in [0.25, 0.3) is 0 Å². The number of carbonyl (C=O) groups is 7. The second-order valence-corrected chi connectivity index (χ2v) is 23.8. The number of likely N-dealkylation sites (tertiary alicyclic amines) is 1. The monoisotopic (exact) mass is 1050 g/mol. The normalized spacial score (nSPS) is 21.8. The largest absolute Gasteiger partial charge is 0.382 e. The summed E-state index contributed by atoms with van der Waals surface area (Å²) >= 11 is 0. The number of carbonyl (C=O) groups excluding carboxylic acids is 7. The molecule has 0 aromatic heterocycles. The van der Waals surface area contributed by atoms with Gasteiger partial charge in [-0.25, -0.2) is 0 Å². The molecule has 0 spiro atoms. The molecule has 1 saturated heterocycles. The number of nitrogens with one attached hydrogen (secondary N) is 6. The van der Waals surface area contributed by atoms with Crippen LogP contribution in [0.15, 0.2) is 78.9 Å². The minimum Gasteiger partial charge on any atom is -0.382 e. The van der Waals surface area contributed by atoms with Crippen molar-refractivity contribution < 1.29 is 38.3 Å². The van der Waals surface area contributed by atoms with Crippen LogP contribution in [0.2, 0.25) is 0 Å². The van der Waals surface area contributed by atoms with Gasteiger partial charge in [-0.15, -0.1) is 0 Å². The Bertz CT molecular complexity index is 2590. The van der Waals surface area contributed by atoms with E-state index in [1.807, 2.05) is 114 Å². The molecule has 17 heteroatoms. The maximum absolute atomic E-state index is 15.9. The van der Waals surface area contributed by atoms with Crippen molar-refractivity contribution in [3.63, 3.8) is 0 Å². The van der Waals surface area contributed by atoms with E-state index in [0.29, 0.717) is 12.8 Å². The molecule has 9 atom stereocenters. The molecule has 17 nitrogen and oxygen atoms in total. The Morgan fingerprint density at radius 3 is 1.83 bits per heavy atom. The van der Waals surface area contributed by atoms with Crippen LogP contribution in [-0.4, -0.2) is 139 Å². The number of rotatable bonds is 19. The second-order valence-electron chi connectivity index (χ2n) is 23.8. The molecule has 76 heavy (non-hydrogen) atoms. The Balaban J connectivity index is 1.21. The number of hydrogen-bond acceptors (Lipinski definition) is 10. The SMILES string of the molecule is CN[C@@H](C)C(=O)NC(C(=O)N1C[C@@H](NC(=O)C2(CN(C(=O)[C@@H]3Cc4ccccc4CN3C(=O)[C@@H](NC(=O)[C@H](C)NC)C(C)(C)C)[C@@H](COC)c3ccccc3)CC2)C[C@H]1C(=O)N[C@@H]1CCCc2ccccc21)C(C)(C)C. The molecule has 6 N–H and O–H groups in total. The zero-order valence-corrected chi connectivity index (χ0v) is 46.6. The molecule has 2 fully saturated rings. The minimum atomic E-state index is -1.06. The number of likely N-dealkylation sites (N-methyl/N-ethyl adjacent to an activating group) is 2. The number of amides is 7. The van der Waals surface area contributed by atoms with Gasteiger partial charge < -0.3 is 51.3 Å². The highest BCUT2D eigenvalue weighted by atomic mass is 16.5. The van der Waals surface area contributed by atoms with Gasteiger partial charge >= 0.3 is 0 Å². The molecule has 1 saturated carbocycles. The van der Waals surface area contributed by atoms with Crippen LogP contribution in [0, 0.1) is 16.2 Å². The molecule has 1 unspecified atom stereocenters. The third-order valence-electron chi connectivity index (χ3n) is 16.2. The summed E-state index contributed by atoms with van der Waals surface area (Å²) in [6, 6.07) is 18.6. The van der Waals surface area contributed by atoms with E-state index in [4.69, 9.17) is 4.74 Å². The van der Waals surface area contributed by atoms with Crippen molar-refractivity contribution in [3.05, 3.63) is 107 Å². The van der Waals surface area contributed by atoms with E-state index in [0.717, 1.165) is 41.5 Å². The van der Waals surface area contributed by atoms with E-state index in [1.54, 1.807) is 44.9 Å². The van der Waals surface area contributed by atoms with Gasteiger partial charge in [-0.2, -0.15) is 0 Å². The molecular formula is C59H83N9O8. The highest BCUT2D eigenvalue weighted by molar-refractivity contribution is 5.96. The summed E-state index contributed by atoms with van der Waals surface area (Å²) in [5, 5.41) is 18.4. The first-order valence-corrected chi connectivity index (χ1v) is 27.2. The smallest absolute Gasteiger partial charge is 0.246 e. The average molecular weight is 1050 g/mol. The van der Waals surface area contributed by atoms with Crippen LogP contribution in [0.4, 0.5) is 0 Å². The Labute approximate surface area is 449 Å². The summed E-state index contributed by atoms with van der Waals surface area (Å²) in [6.07, 6.45) is 3.77. The Kier molecular flexibility index (Phi) is 18.2. The van der Waals surface area contributed by atoms with Gasteiger partial charge in [0.1, 0.15) is 24.2 Å². The van der Waals surface area contributed by atoms with Gasteiger partial charge in [0.2, 0.25) is 41.4 Å². The van der Waals surface area contributed by atoms with E-state index >= 15 is 14.4 Å². The molecule has 412 valence electrons. The summed E-state index contributed by atoms with van der Waals surface area (Å²) in [4.78, 5) is 108. The third kappa shape index (κ3) is 13.0. The molecule has 3 aromatic carbocycles. The van der Waals surface area contributed by atoms with Crippen molar-refractivity contribution in [2.45, 2.75) is 161 Å². The number of aryl methyl sites for hydroxylation is 1. The number of ether oxygens (including phenoxy) is 1. The van der Waals surface area contributed by atoms with Gasteiger partial charge in [-0.1, -0.05) is 120 Å². The van der Waals surface area contributed by atoms with Crippen molar-refractivity contribution in [2.75, 3.05) is 40.9 Å². The Morgan fingerprint density at radius 1 is 0.711 bits per heavy atom. The molecule has 7 amide bonds. The van der Waals surface area contributed by atoms with Gasteiger partial charge in [0, 0.05) is 39.2 Å². The number of methoxy groups -OCH3 is 1. The standard InChI is InChI=1S/C59H83N9O8/c1-36(60-9)50(69)64-48(57(3,4)5)54(73)66-32-41-24-16-15-23-40(41)30-46(66)53(72)68(47(34-76-11)39-21-13-12-14-22-39)35-59(28-29-59)56(75)62-42-31-45(52(71)63-44-27-19-25-38-20-17-18-26-43(38)44)67(33-42)55(74)49(58(6,7)8)65-51(70)37(2)61-10/h12-18,20-24,26,36-37,42,44-49,60-61H,19,25,27-35H2,1-11H3,(H,62,75)(H,63,71)(H,64,69)(H,65,70)/t36-,37-,42-,44+,45-,46-,47-,48+,49?/m0/s1. The van der Waals surface area contributed by atoms with E-state index in [9.17, 15) is 19.2 Å². The predicted octanol–water partition coefficient (Wildman–Crippen LogP) is 4.49. The maximum Gasteiger partial charge on any atom is 0.246 e. The Morgan fingerprint density at radius 2 is 1.26 bits per heavy atom. The first-order chi connectivity index (χ1) is 36.0. The molecule has 2 heterocycles. The number of fused-ring (bicyclic) bond motifs is 2. The Hall–Kier alpha value is -6.17. The van der Waals surface area contributed by atoms with Crippen LogP contribution in [0.1, 0.15) is 127 Å². The zero-order chi connectivity index (χ0) is 55.3. The van der Waals surface area contributed by atoms with Crippen molar-refractivity contribution in [1.82, 2.24) is 46.6 Å². The lowest BCUT2D eigenvalue weighted by molar-refractivity contribution is -0.154. The molecule has 2 aliphatic carbocycles. The molecule has 2 aliphatic heterocycles. The highest BCUT2D eigenvalue weighted by Gasteiger charge is 2.55. The molecule has 3 aromatic rings. The molecule has 0 radical (unpaired) electrons. The average Bonchev–Trinajstić information content (AvgIpc) is 4.10. The van der Waals surface area contributed by atoms with Gasteiger partial charge in [0.05, 0.1) is 36.2 Å². The third-order valence-corrected chi connectivity index (χ3v) is 16.2. The van der Waals surface area contributed by atoms with Crippen LogP contribution < -0.4 is 31.9 Å². The van der Waals surface area contributed by atoms with Gasteiger partial charge in [-0.05, 0) is 105 Å². The summed E-state index contributed by atoms with van der Waals surface area (Å²) in [5.41, 5.74) is 2.27. The van der Waals surface area contributed by atoms with Crippen LogP contribution in [-0.2, 0) is 57.7 Å². The predicted molar refractivity (Wildman–Crippen MR) is 291 cm³/mol. The fraction of sp³-hybridized carbons (Fsp3) is 0.576. The molecule has 4 aliphatic rings. The first kappa shape index (κ1) is 57.5. The van der Waals surface area contributed by atoms with Gasteiger partial charge in [0.25, 0.3) is 0 Å². The molecule has 0 bridgehead atoms. The second kappa shape index (κ2) is 24.0. The van der Waals surface area contributed by atoms with Crippen molar-refractivity contribution >= 4 is 41.4 Å². The zero-order valence-electron chi connectivity index (χ0n) is 46.6. The van der Waals surface area contributed by atoms with Crippen molar-refractivity contribution in [1.29, 1.82) is 0 Å². The van der Waals surface area contributed by atoms with Crippen LogP contribution in [0.3, 0.4) is 0 Å². The van der Waals surface area contributed by atoms with Crippen molar-refractivity contribution in [2.24, 2.45) is 16.2 Å². The topological polar surface area (TPSA) is 211 Å². The summed E-state index contributed by atoms with van der Waals surface area (Å²) < 4.78 is 5.87. The van der Waals surface area contributed by atoms with Gasteiger partial charge in [-0.3, -0.25) is 33.6 Å². The lowest BCUT2D eigenvalue weighted by atomic mass is 9.84. The maximum atomic E-state index is 15.9.